The summed E-state index contributed by atoms with van der Waals surface area (Å²) in [5, 5.41) is 9.18. The highest BCUT2D eigenvalue weighted by molar-refractivity contribution is 9.10. The van der Waals surface area contributed by atoms with Crippen molar-refractivity contribution in [1.82, 2.24) is 9.97 Å². The van der Waals surface area contributed by atoms with Gasteiger partial charge >= 0.3 is 18.3 Å². The number of halogens is 8. The first kappa shape index (κ1) is 35.1. The first-order chi connectivity index (χ1) is 22.5. The van der Waals surface area contributed by atoms with Crippen LogP contribution < -0.4 is 0 Å². The number of alkyl halides is 6. The summed E-state index contributed by atoms with van der Waals surface area (Å²) < 4.78 is 96.0. The molecular formula is C33H22Br2F6N2O5. The standard InChI is InChI=1S/C17H11BrF3NO3.C16H11BrF3NO2/c1-8-9(4-3-5-12(8)18)15-22-13-6-10(16(23)24-2)11(17(19,20)21)7-14(13)25-15;1-8-10(3-2-4-12(8)17)15-21-13-5-9(7-22)11(16(18,19)20)6-14(13)23-15/h3-7H,1-2H3;2-6,22H,7H2,1H3. The van der Waals surface area contributed by atoms with Crippen molar-refractivity contribution in [2.24, 2.45) is 0 Å². The van der Waals surface area contributed by atoms with Crippen LogP contribution in [-0.2, 0) is 23.7 Å². The number of hydrogen-bond acceptors (Lipinski definition) is 7. The Bertz CT molecular complexity index is 2170. The van der Waals surface area contributed by atoms with E-state index in [9.17, 15) is 36.2 Å². The SMILES string of the molecule is COC(=O)c1cc2nc(-c3cccc(Br)c3C)oc2cc1C(F)(F)F.Cc1c(Br)cccc1-c1nc2cc(CO)c(C(F)(F)F)cc2o1. The number of hydrogen-bond donors (Lipinski definition) is 1. The van der Waals surface area contributed by atoms with Gasteiger partial charge in [-0.3, -0.25) is 0 Å². The number of carbonyl (C=O) groups excluding carboxylic acids is 1. The Balaban J connectivity index is 0.000000188. The molecule has 0 atom stereocenters. The van der Waals surface area contributed by atoms with Crippen LogP contribution in [0.5, 0.6) is 0 Å². The first-order valence-corrected chi connectivity index (χ1v) is 15.3. The molecule has 15 heteroatoms. The van der Waals surface area contributed by atoms with Crippen LogP contribution in [0.4, 0.5) is 26.3 Å². The normalized spacial score (nSPS) is 11.9. The highest BCUT2D eigenvalue weighted by Crippen LogP contribution is 2.39. The number of oxazole rings is 2. The van der Waals surface area contributed by atoms with E-state index in [1.165, 1.54) is 6.07 Å². The van der Waals surface area contributed by atoms with Crippen molar-refractivity contribution in [3.8, 4) is 22.9 Å². The summed E-state index contributed by atoms with van der Waals surface area (Å²) in [5.74, 6) is -0.677. The third-order valence-corrected chi connectivity index (χ3v) is 9.04. The highest BCUT2D eigenvalue weighted by atomic mass is 79.9. The Labute approximate surface area is 284 Å². The predicted molar refractivity (Wildman–Crippen MR) is 171 cm³/mol. The van der Waals surface area contributed by atoms with Crippen molar-refractivity contribution in [3.63, 3.8) is 0 Å². The zero-order valence-electron chi connectivity index (χ0n) is 25.0. The summed E-state index contributed by atoms with van der Waals surface area (Å²) >= 11 is 6.78. The quantitative estimate of drug-likeness (QED) is 0.140. The number of nitrogens with zero attached hydrogens (tertiary/aromatic N) is 2. The van der Waals surface area contributed by atoms with E-state index in [1.807, 2.05) is 26.0 Å². The molecule has 250 valence electrons. The average Bonchev–Trinajstić information content (AvgIpc) is 3.65. The van der Waals surface area contributed by atoms with Crippen LogP contribution in [0, 0.1) is 13.8 Å². The number of aromatic nitrogens is 2. The molecule has 0 radical (unpaired) electrons. The molecule has 2 heterocycles. The Morgan fingerprint density at radius 1 is 0.771 bits per heavy atom. The lowest BCUT2D eigenvalue weighted by Gasteiger charge is -2.10. The lowest BCUT2D eigenvalue weighted by Crippen LogP contribution is -2.14. The molecule has 2 aromatic heterocycles. The van der Waals surface area contributed by atoms with Crippen LogP contribution >= 0.6 is 31.9 Å². The molecule has 0 fully saturated rings. The number of aliphatic hydroxyl groups excluding tert-OH is 1. The monoisotopic (exact) mass is 798 g/mol. The third kappa shape index (κ3) is 6.98. The van der Waals surface area contributed by atoms with Crippen LogP contribution in [0.15, 0.2) is 78.4 Å². The van der Waals surface area contributed by atoms with E-state index in [0.717, 1.165) is 45.4 Å². The molecule has 0 aliphatic rings. The molecule has 0 saturated heterocycles. The second-order valence-corrected chi connectivity index (χ2v) is 12.1. The number of rotatable bonds is 4. The number of esters is 1. The van der Waals surface area contributed by atoms with Crippen molar-refractivity contribution >= 4 is 60.0 Å². The van der Waals surface area contributed by atoms with Gasteiger partial charge in [-0.25, -0.2) is 14.8 Å². The fourth-order valence-electron chi connectivity index (χ4n) is 4.81. The molecule has 48 heavy (non-hydrogen) atoms. The minimum absolute atomic E-state index is 0.0314. The van der Waals surface area contributed by atoms with Crippen molar-refractivity contribution < 1.29 is 49.8 Å². The molecule has 0 amide bonds. The molecule has 6 aromatic rings. The van der Waals surface area contributed by atoms with E-state index in [-0.39, 0.29) is 39.5 Å². The van der Waals surface area contributed by atoms with Gasteiger partial charge in [0, 0.05) is 20.1 Å². The Hall–Kier alpha value is -4.21. The van der Waals surface area contributed by atoms with Gasteiger partial charge in [-0.05, 0) is 79.1 Å². The van der Waals surface area contributed by atoms with E-state index in [2.05, 4.69) is 46.6 Å². The fraction of sp³-hybridized carbons (Fsp3) is 0.182. The molecule has 0 bridgehead atoms. The molecule has 6 rings (SSSR count). The van der Waals surface area contributed by atoms with Gasteiger partial charge in [-0.15, -0.1) is 0 Å². The van der Waals surface area contributed by atoms with E-state index in [0.29, 0.717) is 11.1 Å². The maximum atomic E-state index is 13.2. The van der Waals surface area contributed by atoms with Gasteiger partial charge < -0.3 is 18.7 Å². The second kappa shape index (κ2) is 13.4. The zero-order chi connectivity index (χ0) is 35.1. The number of benzene rings is 4. The number of methoxy groups -OCH3 is 1. The molecular weight excluding hydrogens is 778 g/mol. The van der Waals surface area contributed by atoms with Gasteiger partial charge in [0.2, 0.25) is 11.8 Å². The van der Waals surface area contributed by atoms with Gasteiger partial charge in [-0.2, -0.15) is 26.3 Å². The van der Waals surface area contributed by atoms with Crippen LogP contribution in [0.1, 0.15) is 38.2 Å². The van der Waals surface area contributed by atoms with E-state index < -0.39 is 41.6 Å². The molecule has 0 unspecified atom stereocenters. The molecule has 0 saturated carbocycles. The van der Waals surface area contributed by atoms with Crippen molar-refractivity contribution in [2.75, 3.05) is 7.11 Å². The number of ether oxygens (including phenoxy) is 1. The van der Waals surface area contributed by atoms with Gasteiger partial charge in [0.1, 0.15) is 11.0 Å². The van der Waals surface area contributed by atoms with Gasteiger partial charge in [0.15, 0.2) is 11.2 Å². The summed E-state index contributed by atoms with van der Waals surface area (Å²) in [5.41, 5.74) is 0.549. The van der Waals surface area contributed by atoms with Gasteiger partial charge in [-0.1, -0.05) is 44.0 Å². The van der Waals surface area contributed by atoms with Crippen LogP contribution in [-0.4, -0.2) is 28.2 Å². The largest absolute Gasteiger partial charge is 0.465 e. The van der Waals surface area contributed by atoms with Crippen molar-refractivity contribution in [1.29, 1.82) is 0 Å². The lowest BCUT2D eigenvalue weighted by molar-refractivity contribution is -0.139. The Kier molecular flexibility index (Phi) is 9.77. The molecule has 4 aromatic carbocycles. The lowest BCUT2D eigenvalue weighted by atomic mass is 10.1. The molecule has 0 spiro atoms. The second-order valence-electron chi connectivity index (χ2n) is 10.4. The topological polar surface area (TPSA) is 98.6 Å². The van der Waals surface area contributed by atoms with E-state index >= 15 is 0 Å². The maximum absolute atomic E-state index is 13.2. The molecule has 0 aliphatic heterocycles. The smallest absolute Gasteiger partial charge is 0.417 e. The maximum Gasteiger partial charge on any atom is 0.417 e. The van der Waals surface area contributed by atoms with Gasteiger partial charge in [0.25, 0.3) is 0 Å². The fourth-order valence-corrected chi connectivity index (χ4v) is 5.54. The summed E-state index contributed by atoms with van der Waals surface area (Å²) in [4.78, 5) is 20.2. The molecule has 1 N–H and O–H groups in total. The minimum atomic E-state index is -4.73. The number of carbonyl (C=O) groups is 1. The molecule has 0 aliphatic carbocycles. The Morgan fingerprint density at radius 3 is 1.67 bits per heavy atom. The summed E-state index contributed by atoms with van der Waals surface area (Å²) in [7, 11) is 1.02. The summed E-state index contributed by atoms with van der Waals surface area (Å²) in [6.07, 6.45) is -9.29. The minimum Gasteiger partial charge on any atom is -0.465 e. The highest BCUT2D eigenvalue weighted by Gasteiger charge is 2.37. The van der Waals surface area contributed by atoms with Crippen molar-refractivity contribution in [2.45, 2.75) is 32.8 Å². The third-order valence-electron chi connectivity index (χ3n) is 7.32. The van der Waals surface area contributed by atoms with E-state index in [1.54, 1.807) is 24.3 Å². The first-order valence-electron chi connectivity index (χ1n) is 13.8. The zero-order valence-corrected chi connectivity index (χ0v) is 28.2. The van der Waals surface area contributed by atoms with Crippen molar-refractivity contribution in [3.05, 3.63) is 103 Å². The summed E-state index contributed by atoms with van der Waals surface area (Å²) in [6, 6.07) is 14.7. The number of fused-ring (bicyclic) bond motifs is 2. The summed E-state index contributed by atoms with van der Waals surface area (Å²) in [6.45, 7) is 2.97. The predicted octanol–water partition coefficient (Wildman–Crippen LogP) is 10.4. The number of aliphatic hydroxyl groups is 1. The van der Waals surface area contributed by atoms with Crippen LogP contribution in [0.25, 0.3) is 45.1 Å². The van der Waals surface area contributed by atoms with Crippen LogP contribution in [0.3, 0.4) is 0 Å². The average molecular weight is 800 g/mol. The Morgan fingerprint density at radius 2 is 1.23 bits per heavy atom. The van der Waals surface area contributed by atoms with Gasteiger partial charge in [0.05, 0.1) is 30.4 Å². The van der Waals surface area contributed by atoms with Crippen LogP contribution in [0.2, 0.25) is 0 Å². The van der Waals surface area contributed by atoms with E-state index in [4.69, 9.17) is 8.83 Å². The molecule has 7 nitrogen and oxygen atoms in total.